The number of ether oxygens (including phenoxy) is 1. The molecule has 2 heterocycles. The van der Waals surface area contributed by atoms with E-state index in [1.807, 2.05) is 13.8 Å². The highest BCUT2D eigenvalue weighted by molar-refractivity contribution is 5.96. The van der Waals surface area contributed by atoms with Crippen molar-refractivity contribution in [1.82, 2.24) is 9.88 Å². The first-order chi connectivity index (χ1) is 10.6. The highest BCUT2D eigenvalue weighted by Gasteiger charge is 2.36. The Morgan fingerprint density at radius 2 is 2.08 bits per heavy atom. The third kappa shape index (κ3) is 6.20. The number of piperidine rings is 1. The molecule has 0 saturated carbocycles. The Morgan fingerprint density at radius 1 is 1.44 bits per heavy atom. The van der Waals surface area contributed by atoms with Crippen LogP contribution in [0.15, 0.2) is 18.3 Å². The third-order valence-corrected chi connectivity index (χ3v) is 3.97. The van der Waals surface area contributed by atoms with Gasteiger partial charge in [-0.2, -0.15) is 13.2 Å². The van der Waals surface area contributed by atoms with Crippen LogP contribution in [0.1, 0.15) is 30.6 Å². The zero-order valence-electron chi connectivity index (χ0n) is 13.9. The monoisotopic (exact) mass is 403 g/mol. The van der Waals surface area contributed by atoms with Crippen molar-refractivity contribution in [2.75, 3.05) is 19.7 Å². The Labute approximate surface area is 156 Å². The van der Waals surface area contributed by atoms with E-state index in [0.717, 1.165) is 0 Å². The van der Waals surface area contributed by atoms with E-state index in [0.29, 0.717) is 19.5 Å². The van der Waals surface area contributed by atoms with Crippen LogP contribution < -0.4 is 10.5 Å². The minimum absolute atomic E-state index is 0. The zero-order valence-corrected chi connectivity index (χ0v) is 15.5. The van der Waals surface area contributed by atoms with Gasteiger partial charge in [-0.15, -0.1) is 24.8 Å². The number of carbonyl (C=O) groups is 1. The molecule has 1 fully saturated rings. The molecule has 25 heavy (non-hydrogen) atoms. The second-order valence-corrected chi connectivity index (χ2v) is 6.37. The molecule has 10 heteroatoms. The highest BCUT2D eigenvalue weighted by atomic mass is 35.5. The fourth-order valence-corrected chi connectivity index (χ4v) is 2.54. The molecule has 1 aliphatic heterocycles. The lowest BCUT2D eigenvalue weighted by molar-refractivity contribution is -0.154. The van der Waals surface area contributed by atoms with E-state index in [9.17, 15) is 18.0 Å². The van der Waals surface area contributed by atoms with Gasteiger partial charge < -0.3 is 15.4 Å². The number of alkyl halides is 3. The first kappa shape index (κ1) is 23.8. The number of pyridine rings is 1. The van der Waals surface area contributed by atoms with Crippen LogP contribution in [0, 0.1) is 5.41 Å². The second kappa shape index (κ2) is 8.91. The lowest BCUT2D eigenvalue weighted by atomic mass is 9.79. The summed E-state index contributed by atoms with van der Waals surface area (Å²) < 4.78 is 41.6. The first-order valence-electron chi connectivity index (χ1n) is 7.29. The van der Waals surface area contributed by atoms with Crippen molar-refractivity contribution in [2.45, 2.75) is 32.5 Å². The number of amides is 1. The van der Waals surface area contributed by atoms with E-state index >= 15 is 0 Å². The van der Waals surface area contributed by atoms with E-state index in [1.165, 1.54) is 18.3 Å². The Kier molecular flexibility index (Phi) is 8.47. The predicted molar refractivity (Wildman–Crippen MR) is 92.6 cm³/mol. The Hall–Kier alpha value is -1.25. The minimum atomic E-state index is -4.49. The van der Waals surface area contributed by atoms with Crippen LogP contribution in [0.25, 0.3) is 0 Å². The number of nitrogens with zero attached hydrogens (tertiary/aromatic N) is 2. The Bertz CT molecular complexity index is 585. The molecule has 1 aromatic rings. The van der Waals surface area contributed by atoms with Crippen LogP contribution in [0.2, 0.25) is 0 Å². The van der Waals surface area contributed by atoms with E-state index in [1.54, 1.807) is 4.90 Å². The summed E-state index contributed by atoms with van der Waals surface area (Å²) in [6.45, 7) is 3.32. The Balaban J connectivity index is 0.00000288. The topological polar surface area (TPSA) is 68.5 Å². The average molecular weight is 404 g/mol. The van der Waals surface area contributed by atoms with Crippen molar-refractivity contribution in [3.8, 4) is 5.88 Å². The molecule has 1 saturated heterocycles. The van der Waals surface area contributed by atoms with Gasteiger partial charge in [0.2, 0.25) is 5.88 Å². The molecule has 0 aliphatic carbocycles. The highest BCUT2D eigenvalue weighted by Crippen LogP contribution is 2.30. The zero-order chi connectivity index (χ0) is 17.3. The molecule has 0 aromatic carbocycles. The number of hydrogen-bond donors (Lipinski definition) is 1. The van der Waals surface area contributed by atoms with Crippen molar-refractivity contribution in [2.24, 2.45) is 11.1 Å². The summed E-state index contributed by atoms with van der Waals surface area (Å²) in [5.74, 6) is -0.697. The minimum Gasteiger partial charge on any atom is -0.467 e. The van der Waals surface area contributed by atoms with Gasteiger partial charge in [0.25, 0.3) is 5.91 Å². The molecule has 1 aromatic heterocycles. The molecular formula is C15H22Cl2F3N3O2. The number of carbonyl (C=O) groups excluding carboxylic acids is 1. The van der Waals surface area contributed by atoms with Gasteiger partial charge in [-0.05, 0) is 24.0 Å². The fraction of sp³-hybridized carbons (Fsp3) is 0.600. The van der Waals surface area contributed by atoms with Crippen molar-refractivity contribution in [3.63, 3.8) is 0 Å². The number of hydrogen-bond acceptors (Lipinski definition) is 4. The average Bonchev–Trinajstić information content (AvgIpc) is 2.47. The van der Waals surface area contributed by atoms with Crippen molar-refractivity contribution in [1.29, 1.82) is 0 Å². The molecule has 1 aliphatic rings. The van der Waals surface area contributed by atoms with E-state index < -0.39 is 18.7 Å². The molecule has 1 atom stereocenters. The first-order valence-corrected chi connectivity index (χ1v) is 7.29. The summed E-state index contributed by atoms with van der Waals surface area (Å²) in [5.41, 5.74) is 5.81. The van der Waals surface area contributed by atoms with Crippen LogP contribution in [0.5, 0.6) is 5.88 Å². The number of halogens is 5. The summed E-state index contributed by atoms with van der Waals surface area (Å²) in [6.07, 6.45) is -2.56. The van der Waals surface area contributed by atoms with E-state index in [2.05, 4.69) is 9.72 Å². The van der Waals surface area contributed by atoms with Crippen molar-refractivity contribution >= 4 is 30.7 Å². The maximum Gasteiger partial charge on any atom is 0.422 e. The Morgan fingerprint density at radius 3 is 2.64 bits per heavy atom. The number of aromatic nitrogens is 1. The van der Waals surface area contributed by atoms with Crippen LogP contribution in [-0.4, -0.2) is 47.7 Å². The lowest BCUT2D eigenvalue weighted by Crippen LogP contribution is -2.54. The van der Waals surface area contributed by atoms with Gasteiger partial charge in [-0.25, -0.2) is 4.98 Å². The van der Waals surface area contributed by atoms with Crippen LogP contribution >= 0.6 is 24.8 Å². The maximum absolute atomic E-state index is 12.6. The maximum atomic E-state index is 12.6. The summed E-state index contributed by atoms with van der Waals surface area (Å²) in [5, 5.41) is 0. The molecule has 0 spiro atoms. The lowest BCUT2D eigenvalue weighted by Gasteiger charge is -2.42. The van der Waals surface area contributed by atoms with Gasteiger partial charge in [-0.3, -0.25) is 4.79 Å². The smallest absolute Gasteiger partial charge is 0.422 e. The van der Waals surface area contributed by atoms with Gasteiger partial charge in [0, 0.05) is 25.3 Å². The molecule has 5 nitrogen and oxygen atoms in total. The van der Waals surface area contributed by atoms with E-state index in [-0.39, 0.29) is 47.7 Å². The van der Waals surface area contributed by atoms with Gasteiger partial charge in [0.15, 0.2) is 6.61 Å². The summed E-state index contributed by atoms with van der Waals surface area (Å²) in [4.78, 5) is 18.0. The molecule has 0 radical (unpaired) electrons. The van der Waals surface area contributed by atoms with Crippen LogP contribution in [0.4, 0.5) is 13.2 Å². The SMILES string of the molecule is CC1(C)CN(C(=O)c2cccnc2OCC(F)(F)F)CCC1N.Cl.Cl. The molecule has 1 unspecified atom stereocenters. The van der Waals surface area contributed by atoms with Crippen LogP contribution in [0.3, 0.4) is 0 Å². The van der Waals surface area contributed by atoms with Gasteiger partial charge in [0.1, 0.15) is 5.56 Å². The molecule has 1 amide bonds. The predicted octanol–water partition coefficient (Wildman–Crippen LogP) is 3.07. The number of nitrogens with two attached hydrogens (primary N) is 1. The quantitative estimate of drug-likeness (QED) is 0.841. The van der Waals surface area contributed by atoms with E-state index in [4.69, 9.17) is 5.73 Å². The van der Waals surface area contributed by atoms with Crippen molar-refractivity contribution < 1.29 is 22.7 Å². The normalized spacial score (nSPS) is 19.4. The largest absolute Gasteiger partial charge is 0.467 e. The standard InChI is InChI=1S/C15H20F3N3O2.2ClH/c1-14(2)8-21(7-5-11(14)19)13(22)10-4-3-6-20-12(10)23-9-15(16,17)18;;/h3-4,6,11H,5,7-9,19H2,1-2H3;2*1H. The van der Waals surface area contributed by atoms with Gasteiger partial charge >= 0.3 is 6.18 Å². The fourth-order valence-electron chi connectivity index (χ4n) is 2.54. The van der Waals surface area contributed by atoms with Crippen molar-refractivity contribution in [3.05, 3.63) is 23.9 Å². The molecular weight excluding hydrogens is 382 g/mol. The second-order valence-electron chi connectivity index (χ2n) is 6.37. The third-order valence-electron chi connectivity index (χ3n) is 3.97. The molecule has 0 bridgehead atoms. The van der Waals surface area contributed by atoms with Gasteiger partial charge in [0.05, 0.1) is 0 Å². The van der Waals surface area contributed by atoms with Crippen LogP contribution in [-0.2, 0) is 0 Å². The number of likely N-dealkylation sites (tertiary alicyclic amines) is 1. The molecule has 144 valence electrons. The number of rotatable bonds is 3. The summed E-state index contributed by atoms with van der Waals surface area (Å²) in [7, 11) is 0. The summed E-state index contributed by atoms with van der Waals surface area (Å²) >= 11 is 0. The van der Waals surface area contributed by atoms with Gasteiger partial charge in [-0.1, -0.05) is 13.8 Å². The molecule has 2 rings (SSSR count). The summed E-state index contributed by atoms with van der Waals surface area (Å²) in [6, 6.07) is 2.89. The molecule has 2 N–H and O–H groups in total.